The van der Waals surface area contributed by atoms with Crippen molar-refractivity contribution in [3.8, 4) is 22.8 Å². The molecule has 1 N–H and O–H groups in total. The van der Waals surface area contributed by atoms with E-state index in [0.29, 0.717) is 22.8 Å². The van der Waals surface area contributed by atoms with E-state index in [-0.39, 0.29) is 40.6 Å². The summed E-state index contributed by atoms with van der Waals surface area (Å²) in [7, 11) is 0. The summed E-state index contributed by atoms with van der Waals surface area (Å²) in [6, 6.07) is 9.58. The van der Waals surface area contributed by atoms with Gasteiger partial charge >= 0.3 is 11.3 Å². The Bertz CT molecular complexity index is 1420. The van der Waals surface area contributed by atoms with Gasteiger partial charge < -0.3 is 9.47 Å². The van der Waals surface area contributed by atoms with Crippen LogP contribution in [0.25, 0.3) is 11.3 Å². The van der Waals surface area contributed by atoms with Gasteiger partial charge in [0.1, 0.15) is 5.56 Å². The number of nitro benzene ring substituents is 1. The van der Waals surface area contributed by atoms with Crippen molar-refractivity contribution >= 4 is 29.0 Å². The van der Waals surface area contributed by atoms with Crippen LogP contribution in [-0.2, 0) is 4.79 Å². The van der Waals surface area contributed by atoms with Crippen LogP contribution in [0.3, 0.4) is 0 Å². The molecule has 1 aromatic heterocycles. The van der Waals surface area contributed by atoms with Crippen LogP contribution in [0.4, 0.5) is 11.4 Å². The first-order valence-electron chi connectivity index (χ1n) is 10.2. The van der Waals surface area contributed by atoms with Crippen LogP contribution in [0.2, 0.25) is 0 Å². The predicted molar refractivity (Wildman–Crippen MR) is 122 cm³/mol. The van der Waals surface area contributed by atoms with Crippen molar-refractivity contribution in [1.29, 1.82) is 0 Å². The molecule has 1 amide bonds. The molecule has 0 fully saturated rings. The summed E-state index contributed by atoms with van der Waals surface area (Å²) in [5, 5.41) is 16.9. The molecule has 12 heteroatoms. The number of hydrogen-bond donors (Lipinski definition) is 1. The first-order chi connectivity index (χ1) is 16.4. The maximum absolute atomic E-state index is 13.2. The number of carbonyl (C=O) groups is 1. The first kappa shape index (κ1) is 21.6. The van der Waals surface area contributed by atoms with Gasteiger partial charge in [0.2, 0.25) is 17.9 Å². The smallest absolute Gasteiger partial charge is 0.325 e. The van der Waals surface area contributed by atoms with E-state index in [2.05, 4.69) is 16.7 Å². The number of rotatable bonds is 5. The summed E-state index contributed by atoms with van der Waals surface area (Å²) in [6.07, 6.45) is 0.536. The van der Waals surface area contributed by atoms with E-state index in [4.69, 9.17) is 9.47 Å². The summed E-state index contributed by atoms with van der Waals surface area (Å²) in [5.41, 5.74) is 0.486. The molecule has 0 spiro atoms. The second-order valence-corrected chi connectivity index (χ2v) is 8.46. The number of anilines is 1. The Labute approximate surface area is 196 Å². The van der Waals surface area contributed by atoms with Crippen molar-refractivity contribution in [1.82, 2.24) is 10.1 Å². The van der Waals surface area contributed by atoms with E-state index < -0.39 is 16.6 Å². The van der Waals surface area contributed by atoms with E-state index in [0.717, 1.165) is 0 Å². The zero-order valence-corrected chi connectivity index (χ0v) is 18.7. The molecule has 0 aliphatic carbocycles. The van der Waals surface area contributed by atoms with Crippen LogP contribution in [0, 0.1) is 10.1 Å². The number of benzene rings is 2. The Morgan fingerprint density at radius 2 is 2.12 bits per heavy atom. The van der Waals surface area contributed by atoms with Crippen molar-refractivity contribution in [2.45, 2.75) is 18.2 Å². The number of H-pyrrole nitrogens is 1. The molecule has 11 nitrogen and oxygen atoms in total. The number of para-hydroxylation sites is 1. The molecular formula is C22H18N5O6S+. The summed E-state index contributed by atoms with van der Waals surface area (Å²) in [5.74, 6) is 0.623. The Balaban J connectivity index is 1.85. The van der Waals surface area contributed by atoms with Crippen LogP contribution in [0.15, 0.2) is 59.0 Å². The quantitative estimate of drug-likeness (QED) is 0.194. The van der Waals surface area contributed by atoms with Gasteiger partial charge in [0.25, 0.3) is 11.9 Å². The van der Waals surface area contributed by atoms with Gasteiger partial charge in [-0.15, -0.1) is 6.58 Å². The summed E-state index contributed by atoms with van der Waals surface area (Å²) in [6.45, 7) is 4.95. The van der Waals surface area contributed by atoms with E-state index in [1.165, 1.54) is 40.4 Å². The Morgan fingerprint density at radius 3 is 2.82 bits per heavy atom. The number of hydrogen-bond acceptors (Lipinski definition) is 8. The molecule has 172 valence electrons. The Hall–Kier alpha value is -4.19. The zero-order valence-electron chi connectivity index (χ0n) is 17.9. The lowest BCUT2D eigenvalue weighted by molar-refractivity contribution is -0.763. The molecule has 2 aromatic carbocycles. The van der Waals surface area contributed by atoms with E-state index in [9.17, 15) is 19.7 Å². The summed E-state index contributed by atoms with van der Waals surface area (Å²) in [4.78, 5) is 41.8. The second kappa shape index (κ2) is 8.30. The number of carbonyl (C=O) groups excluding carboxylic acids is 1. The fourth-order valence-corrected chi connectivity index (χ4v) is 4.69. The number of ether oxygens (including phenoxy) is 2. The number of fused-ring (bicyclic) bond motifs is 4. The highest BCUT2D eigenvalue weighted by Crippen LogP contribution is 2.44. The average Bonchev–Trinajstić information content (AvgIpc) is 3.28. The molecule has 0 saturated carbocycles. The normalized spacial score (nSPS) is 15.4. The van der Waals surface area contributed by atoms with Crippen molar-refractivity contribution in [2.75, 3.05) is 17.4 Å². The van der Waals surface area contributed by atoms with Gasteiger partial charge in [0, 0.05) is 23.8 Å². The van der Waals surface area contributed by atoms with Crippen molar-refractivity contribution in [2.24, 2.45) is 0 Å². The topological polar surface area (TPSA) is 132 Å². The van der Waals surface area contributed by atoms with Crippen LogP contribution >= 0.6 is 11.8 Å². The third-order valence-corrected chi connectivity index (χ3v) is 6.29. The van der Waals surface area contributed by atoms with E-state index in [1.807, 2.05) is 0 Å². The minimum absolute atomic E-state index is 0.0795. The number of aromatic nitrogens is 3. The number of nitrogens with zero attached hydrogens (tertiary/aromatic N) is 4. The summed E-state index contributed by atoms with van der Waals surface area (Å²) >= 11 is 1.24. The minimum Gasteiger partial charge on any atom is -0.454 e. The van der Waals surface area contributed by atoms with Crippen LogP contribution in [0.5, 0.6) is 11.5 Å². The van der Waals surface area contributed by atoms with Gasteiger partial charge in [-0.3, -0.25) is 24.7 Å². The molecule has 0 unspecified atom stereocenters. The standard InChI is InChI=1S/C22H17N5O6S/c1-3-8-34-22-23-20(29)19-13-6-4-5-7-15(13)25(12(2)28)21(26(19)24-22)14-9-17-18(33-11-32-17)10-16(14)27(30)31/h3-7,9-10,21H,1,8,11H2,2H3/p+1/t21-/m1/s1. The molecule has 3 aromatic rings. The van der Waals surface area contributed by atoms with Crippen LogP contribution < -0.4 is 24.6 Å². The number of thioether (sulfide) groups is 1. The molecule has 2 aliphatic heterocycles. The SMILES string of the molecule is C=CCSc1n[n+]2c(c(=O)[nH]1)-c1ccccc1N(C(C)=O)[C@H]2c1cc2c(cc1[N+](=O)[O-])OCO2. The molecule has 34 heavy (non-hydrogen) atoms. The van der Waals surface area contributed by atoms with Crippen molar-refractivity contribution < 1.29 is 23.9 Å². The number of amides is 1. The lowest BCUT2D eigenvalue weighted by atomic mass is 10.00. The van der Waals surface area contributed by atoms with Gasteiger partial charge in [0.05, 0.1) is 22.2 Å². The molecule has 0 radical (unpaired) electrons. The van der Waals surface area contributed by atoms with Gasteiger partial charge in [-0.05, 0) is 16.8 Å². The van der Waals surface area contributed by atoms with Gasteiger partial charge in [-0.1, -0.05) is 30.0 Å². The fourth-order valence-electron chi connectivity index (χ4n) is 4.11. The highest BCUT2D eigenvalue weighted by Gasteiger charge is 2.48. The average molecular weight is 480 g/mol. The lowest BCUT2D eigenvalue weighted by Crippen LogP contribution is -2.60. The van der Waals surface area contributed by atoms with E-state index >= 15 is 0 Å². The fraction of sp³-hybridized carbons (Fsp3) is 0.182. The zero-order chi connectivity index (χ0) is 24.0. The third kappa shape index (κ3) is 3.39. The second-order valence-electron chi connectivity index (χ2n) is 7.45. The lowest BCUT2D eigenvalue weighted by Gasteiger charge is -2.31. The maximum atomic E-state index is 13.2. The largest absolute Gasteiger partial charge is 0.454 e. The monoisotopic (exact) mass is 480 g/mol. The van der Waals surface area contributed by atoms with Gasteiger partial charge in [-0.25, -0.2) is 4.90 Å². The first-order valence-corrected chi connectivity index (χ1v) is 11.2. The minimum atomic E-state index is -1.12. The number of aromatic amines is 1. The van der Waals surface area contributed by atoms with Crippen molar-refractivity contribution in [3.63, 3.8) is 0 Å². The van der Waals surface area contributed by atoms with Crippen molar-refractivity contribution in [3.05, 3.63) is 75.1 Å². The highest BCUT2D eigenvalue weighted by atomic mass is 32.2. The molecule has 3 heterocycles. The Morgan fingerprint density at radius 1 is 1.38 bits per heavy atom. The predicted octanol–water partition coefficient (Wildman–Crippen LogP) is 2.55. The van der Waals surface area contributed by atoms with Gasteiger partial charge in [0.15, 0.2) is 11.5 Å². The Kier molecular flexibility index (Phi) is 5.28. The maximum Gasteiger partial charge on any atom is 0.325 e. The molecular weight excluding hydrogens is 462 g/mol. The molecule has 0 bridgehead atoms. The third-order valence-electron chi connectivity index (χ3n) is 5.43. The number of nitrogens with one attached hydrogen (secondary N) is 1. The van der Waals surface area contributed by atoms with Crippen LogP contribution in [-0.4, -0.2) is 33.5 Å². The summed E-state index contributed by atoms with van der Waals surface area (Å²) < 4.78 is 12.1. The molecule has 1 atom stereocenters. The number of nitro groups is 1. The van der Waals surface area contributed by atoms with Gasteiger partial charge in [-0.2, -0.15) is 0 Å². The van der Waals surface area contributed by atoms with E-state index in [1.54, 1.807) is 30.3 Å². The molecule has 5 rings (SSSR count). The molecule has 2 aliphatic rings. The molecule has 0 saturated heterocycles. The van der Waals surface area contributed by atoms with Crippen LogP contribution in [0.1, 0.15) is 18.7 Å². The highest BCUT2D eigenvalue weighted by molar-refractivity contribution is 7.99.